The van der Waals surface area contributed by atoms with Gasteiger partial charge in [-0.3, -0.25) is 14.4 Å². The standard InChI is InChI=1S/C32H40ClF2N7O5/c1-17(36-5)29(43)41-27(32(2,3)4)31(45)42-11-7-8-23(42)30(44)40-22-14-18-21(15-24(22)47-13-12-46-6)37-16-38-28(18)39-20-10-9-19(34)25(33)26(20)35/h9-10,14-17,23,27,36H,7-8,11-13H2,1-6H3,(H,40,44)(H,41,43)(H,37,38,39)/t17-,23-,27+/m0/s1. The highest BCUT2D eigenvalue weighted by Crippen LogP contribution is 2.36. The molecule has 0 bridgehead atoms. The second-order valence-electron chi connectivity index (χ2n) is 12.3. The van der Waals surface area contributed by atoms with Gasteiger partial charge >= 0.3 is 0 Å². The highest BCUT2D eigenvalue weighted by atomic mass is 35.5. The molecular formula is C32H40ClF2N7O5. The Balaban J connectivity index is 1.66. The first-order valence-electron chi connectivity index (χ1n) is 15.2. The summed E-state index contributed by atoms with van der Waals surface area (Å²) in [5.41, 5.74) is -0.106. The highest BCUT2D eigenvalue weighted by molar-refractivity contribution is 6.31. The van der Waals surface area contributed by atoms with Crippen molar-refractivity contribution in [2.45, 2.75) is 58.7 Å². The minimum absolute atomic E-state index is 0.118. The molecule has 0 unspecified atom stereocenters. The number of aromatic nitrogens is 2. The number of halogens is 3. The Bertz CT molecular complexity index is 1640. The van der Waals surface area contributed by atoms with E-state index in [2.05, 4.69) is 31.2 Å². The van der Waals surface area contributed by atoms with Gasteiger partial charge in [-0.15, -0.1) is 0 Å². The number of methoxy groups -OCH3 is 1. The fourth-order valence-corrected chi connectivity index (χ4v) is 5.28. The molecule has 3 amide bonds. The maximum atomic E-state index is 14.7. The summed E-state index contributed by atoms with van der Waals surface area (Å²) in [7, 11) is 3.18. The van der Waals surface area contributed by atoms with Crippen molar-refractivity contribution in [3.05, 3.63) is 47.2 Å². The number of amides is 3. The SMILES string of the molecule is CN[C@@H](C)C(=O)N[C@H](C(=O)N1CCC[C@H]1C(=O)Nc1cc2c(Nc3ccc(F)c(Cl)c3F)ncnc2cc1OCCOC)C(C)(C)C. The van der Waals surface area contributed by atoms with Crippen molar-refractivity contribution in [2.24, 2.45) is 5.41 Å². The van der Waals surface area contributed by atoms with Crippen LogP contribution in [0.25, 0.3) is 10.9 Å². The van der Waals surface area contributed by atoms with Crippen molar-refractivity contribution >= 4 is 57.4 Å². The number of fused-ring (bicyclic) bond motifs is 1. The van der Waals surface area contributed by atoms with E-state index in [9.17, 15) is 23.2 Å². The summed E-state index contributed by atoms with van der Waals surface area (Å²) in [6.07, 6.45) is 2.25. The Labute approximate surface area is 276 Å². The van der Waals surface area contributed by atoms with Crippen molar-refractivity contribution < 1.29 is 32.6 Å². The third kappa shape index (κ3) is 8.24. The van der Waals surface area contributed by atoms with Crippen molar-refractivity contribution in [3.8, 4) is 5.75 Å². The number of likely N-dealkylation sites (tertiary alicyclic amines) is 1. The normalized spacial score (nSPS) is 16.1. The summed E-state index contributed by atoms with van der Waals surface area (Å²) in [6, 6.07) is 3.15. The van der Waals surface area contributed by atoms with Crippen LogP contribution in [0.15, 0.2) is 30.6 Å². The number of hydrogen-bond donors (Lipinski definition) is 4. The average Bonchev–Trinajstić information content (AvgIpc) is 3.53. The van der Waals surface area contributed by atoms with Gasteiger partial charge in [-0.05, 0) is 50.4 Å². The van der Waals surface area contributed by atoms with Crippen LogP contribution in [0.2, 0.25) is 5.02 Å². The molecule has 1 aliphatic heterocycles. The third-order valence-electron chi connectivity index (χ3n) is 7.89. The van der Waals surface area contributed by atoms with E-state index < -0.39 is 46.1 Å². The fraction of sp³-hybridized carbons (Fsp3) is 0.469. The zero-order chi connectivity index (χ0) is 34.5. The van der Waals surface area contributed by atoms with Crippen LogP contribution in [-0.4, -0.2) is 84.6 Å². The molecule has 2 aromatic carbocycles. The smallest absolute Gasteiger partial charge is 0.247 e. The average molecular weight is 676 g/mol. The number of anilines is 3. The highest BCUT2D eigenvalue weighted by Gasteiger charge is 2.42. The minimum atomic E-state index is -0.998. The van der Waals surface area contributed by atoms with E-state index in [0.29, 0.717) is 30.3 Å². The largest absolute Gasteiger partial charge is 0.489 e. The first-order valence-corrected chi connectivity index (χ1v) is 15.5. The number of benzene rings is 2. The van der Waals surface area contributed by atoms with Gasteiger partial charge in [0.2, 0.25) is 17.7 Å². The molecule has 47 heavy (non-hydrogen) atoms. The number of nitrogens with zero attached hydrogens (tertiary/aromatic N) is 3. The molecule has 0 saturated carbocycles. The quantitative estimate of drug-likeness (QED) is 0.162. The lowest BCUT2D eigenvalue weighted by Gasteiger charge is -2.36. The zero-order valence-electron chi connectivity index (χ0n) is 27.2. The molecule has 15 heteroatoms. The Morgan fingerprint density at radius 3 is 2.55 bits per heavy atom. The van der Waals surface area contributed by atoms with Crippen LogP contribution in [-0.2, 0) is 19.1 Å². The third-order valence-corrected chi connectivity index (χ3v) is 8.24. The molecule has 1 aromatic heterocycles. The van der Waals surface area contributed by atoms with Crippen LogP contribution in [0.4, 0.5) is 26.0 Å². The Hall–Kier alpha value is -4.14. The summed E-state index contributed by atoms with van der Waals surface area (Å²) in [6.45, 7) is 8.01. The van der Waals surface area contributed by atoms with Gasteiger partial charge in [-0.25, -0.2) is 18.7 Å². The lowest BCUT2D eigenvalue weighted by atomic mass is 9.85. The molecule has 4 N–H and O–H groups in total. The van der Waals surface area contributed by atoms with E-state index in [0.717, 1.165) is 6.07 Å². The monoisotopic (exact) mass is 675 g/mol. The number of carbonyl (C=O) groups is 3. The lowest BCUT2D eigenvalue weighted by molar-refractivity contribution is -0.143. The van der Waals surface area contributed by atoms with E-state index in [1.54, 1.807) is 26.1 Å². The van der Waals surface area contributed by atoms with Gasteiger partial charge in [0.25, 0.3) is 0 Å². The molecule has 12 nitrogen and oxygen atoms in total. The first kappa shape index (κ1) is 35.7. The van der Waals surface area contributed by atoms with E-state index >= 15 is 0 Å². The van der Waals surface area contributed by atoms with E-state index in [-0.39, 0.29) is 48.0 Å². The maximum Gasteiger partial charge on any atom is 0.247 e. The van der Waals surface area contributed by atoms with E-state index in [1.165, 1.54) is 24.4 Å². The van der Waals surface area contributed by atoms with Crippen molar-refractivity contribution in [2.75, 3.05) is 44.5 Å². The van der Waals surface area contributed by atoms with E-state index in [1.807, 2.05) is 20.8 Å². The predicted octanol–water partition coefficient (Wildman–Crippen LogP) is 4.40. The van der Waals surface area contributed by atoms with Gasteiger partial charge in [0.15, 0.2) is 5.82 Å². The second-order valence-corrected chi connectivity index (χ2v) is 12.7. The topological polar surface area (TPSA) is 147 Å². The van der Waals surface area contributed by atoms with Crippen LogP contribution in [0.1, 0.15) is 40.5 Å². The second kappa shape index (κ2) is 15.2. The van der Waals surface area contributed by atoms with Crippen molar-refractivity contribution in [1.29, 1.82) is 0 Å². The van der Waals surface area contributed by atoms with Crippen LogP contribution in [0, 0.1) is 17.0 Å². The first-order chi connectivity index (χ1) is 22.3. The summed E-state index contributed by atoms with van der Waals surface area (Å²) in [5, 5.41) is 11.2. The van der Waals surface area contributed by atoms with Gasteiger partial charge < -0.3 is 35.6 Å². The molecule has 1 saturated heterocycles. The molecule has 0 aliphatic carbocycles. The zero-order valence-corrected chi connectivity index (χ0v) is 27.9. The van der Waals surface area contributed by atoms with Gasteiger partial charge in [-0.2, -0.15) is 0 Å². The molecule has 254 valence electrons. The Morgan fingerprint density at radius 2 is 1.87 bits per heavy atom. The molecular weight excluding hydrogens is 636 g/mol. The number of rotatable bonds is 12. The molecule has 3 aromatic rings. The Kier molecular flexibility index (Phi) is 11.5. The minimum Gasteiger partial charge on any atom is -0.489 e. The lowest BCUT2D eigenvalue weighted by Crippen LogP contribution is -2.59. The van der Waals surface area contributed by atoms with Crippen molar-refractivity contribution in [1.82, 2.24) is 25.5 Å². The number of likely N-dealkylation sites (N-methyl/N-ethyl adjacent to an activating group) is 1. The number of hydrogen-bond acceptors (Lipinski definition) is 9. The summed E-state index contributed by atoms with van der Waals surface area (Å²) >= 11 is 5.77. The van der Waals surface area contributed by atoms with Crippen LogP contribution >= 0.6 is 11.6 Å². The van der Waals surface area contributed by atoms with Gasteiger partial charge in [-0.1, -0.05) is 32.4 Å². The molecule has 4 rings (SSSR count). The summed E-state index contributed by atoms with van der Waals surface area (Å²) in [5.74, 6) is -2.62. The molecule has 0 radical (unpaired) electrons. The number of ether oxygens (including phenoxy) is 2. The molecule has 1 aliphatic rings. The Morgan fingerprint density at radius 1 is 1.13 bits per heavy atom. The van der Waals surface area contributed by atoms with Crippen LogP contribution < -0.4 is 26.0 Å². The molecule has 3 atom stereocenters. The number of carbonyl (C=O) groups excluding carboxylic acids is 3. The summed E-state index contributed by atoms with van der Waals surface area (Å²) < 4.78 is 39.5. The number of nitrogens with one attached hydrogen (secondary N) is 4. The predicted molar refractivity (Wildman–Crippen MR) is 175 cm³/mol. The molecule has 1 fully saturated rings. The molecule has 2 heterocycles. The van der Waals surface area contributed by atoms with Gasteiger partial charge in [0.05, 0.1) is 29.5 Å². The fourth-order valence-electron chi connectivity index (χ4n) is 5.12. The molecule has 0 spiro atoms. The summed E-state index contributed by atoms with van der Waals surface area (Å²) in [4.78, 5) is 50.5. The maximum absolute atomic E-state index is 14.7. The van der Waals surface area contributed by atoms with E-state index in [4.69, 9.17) is 21.1 Å². The van der Waals surface area contributed by atoms with Gasteiger partial charge in [0, 0.05) is 25.1 Å². The van der Waals surface area contributed by atoms with Crippen LogP contribution in [0.3, 0.4) is 0 Å². The van der Waals surface area contributed by atoms with Crippen LogP contribution in [0.5, 0.6) is 5.75 Å². The van der Waals surface area contributed by atoms with Gasteiger partial charge in [0.1, 0.15) is 47.4 Å². The van der Waals surface area contributed by atoms with Crippen molar-refractivity contribution in [3.63, 3.8) is 0 Å².